The van der Waals surface area contributed by atoms with Gasteiger partial charge < -0.3 is 4.42 Å². The molecule has 0 N–H and O–H groups in total. The molecule has 0 fully saturated rings. The minimum Gasteiger partial charge on any atom is -0.456 e. The molecular weight excluding hydrogens is 550 g/mol. The Morgan fingerprint density at radius 2 is 0.911 bits per heavy atom. The Morgan fingerprint density at radius 3 is 1.67 bits per heavy atom. The summed E-state index contributed by atoms with van der Waals surface area (Å²) >= 11 is 0. The van der Waals surface area contributed by atoms with E-state index < -0.39 is 0 Å². The number of nitrogens with zero attached hydrogens (tertiary/aromatic N) is 3. The highest BCUT2D eigenvalue weighted by Gasteiger charge is 2.20. The summed E-state index contributed by atoms with van der Waals surface area (Å²) in [7, 11) is 0. The minimum absolute atomic E-state index is 0.605. The molecule has 4 nitrogen and oxygen atoms in total. The van der Waals surface area contributed by atoms with E-state index in [0.29, 0.717) is 17.5 Å². The van der Waals surface area contributed by atoms with Gasteiger partial charge in [0.2, 0.25) is 0 Å². The lowest BCUT2D eigenvalue weighted by atomic mass is 9.97. The van der Waals surface area contributed by atoms with Crippen molar-refractivity contribution in [2.45, 2.75) is 0 Å². The summed E-state index contributed by atoms with van der Waals surface area (Å²) in [4.78, 5) is 15.3. The van der Waals surface area contributed by atoms with Crippen LogP contribution in [0.15, 0.2) is 156 Å². The van der Waals surface area contributed by atoms with Crippen molar-refractivity contribution in [1.29, 1.82) is 0 Å². The highest BCUT2D eigenvalue weighted by molar-refractivity contribution is 6.17. The van der Waals surface area contributed by atoms with Crippen LogP contribution >= 0.6 is 0 Å². The molecule has 0 spiro atoms. The third-order valence-corrected chi connectivity index (χ3v) is 8.52. The van der Waals surface area contributed by atoms with Crippen molar-refractivity contribution in [2.24, 2.45) is 0 Å². The predicted molar refractivity (Wildman–Crippen MR) is 184 cm³/mol. The summed E-state index contributed by atoms with van der Waals surface area (Å²) < 4.78 is 6.42. The third-order valence-electron chi connectivity index (χ3n) is 8.52. The van der Waals surface area contributed by atoms with Gasteiger partial charge in [0.05, 0.1) is 0 Å². The molecule has 2 heterocycles. The lowest BCUT2D eigenvalue weighted by Crippen LogP contribution is -2.00. The van der Waals surface area contributed by atoms with E-state index in [-0.39, 0.29) is 0 Å². The quantitative estimate of drug-likeness (QED) is 0.196. The lowest BCUT2D eigenvalue weighted by Gasteiger charge is -2.11. The van der Waals surface area contributed by atoms with Gasteiger partial charge in [0.1, 0.15) is 11.2 Å². The SMILES string of the molecule is c1ccc(-c2nc(-c3ccc4ccc5ccccc5c4c3)nc(-c3cccc4oc5cccc(-c6ccccc6)c5c34)n2)cc1. The van der Waals surface area contributed by atoms with E-state index in [1.807, 2.05) is 60.7 Å². The van der Waals surface area contributed by atoms with Crippen molar-refractivity contribution < 1.29 is 4.42 Å². The molecule has 0 radical (unpaired) electrons. The number of hydrogen-bond donors (Lipinski definition) is 0. The smallest absolute Gasteiger partial charge is 0.164 e. The molecule has 0 saturated carbocycles. The number of hydrogen-bond acceptors (Lipinski definition) is 4. The van der Waals surface area contributed by atoms with Crippen LogP contribution in [0.5, 0.6) is 0 Å². The van der Waals surface area contributed by atoms with Crippen molar-refractivity contribution in [3.8, 4) is 45.3 Å². The Hall–Kier alpha value is -6.13. The molecular formula is C41H25N3O. The second-order valence-corrected chi connectivity index (χ2v) is 11.2. The van der Waals surface area contributed by atoms with E-state index in [4.69, 9.17) is 19.4 Å². The fraction of sp³-hybridized carbons (Fsp3) is 0. The van der Waals surface area contributed by atoms with Crippen LogP contribution in [0, 0.1) is 0 Å². The van der Waals surface area contributed by atoms with Crippen LogP contribution in [0.2, 0.25) is 0 Å². The van der Waals surface area contributed by atoms with Crippen molar-refractivity contribution >= 4 is 43.5 Å². The number of furan rings is 1. The fourth-order valence-electron chi connectivity index (χ4n) is 6.39. The average molecular weight is 576 g/mol. The van der Waals surface area contributed by atoms with Crippen LogP contribution in [0.25, 0.3) is 88.8 Å². The Kier molecular flexibility index (Phi) is 5.78. The van der Waals surface area contributed by atoms with E-state index in [1.54, 1.807) is 0 Å². The maximum atomic E-state index is 6.42. The molecule has 210 valence electrons. The van der Waals surface area contributed by atoms with Gasteiger partial charge in [-0.3, -0.25) is 0 Å². The van der Waals surface area contributed by atoms with Gasteiger partial charge in [-0.1, -0.05) is 133 Å². The summed E-state index contributed by atoms with van der Waals surface area (Å²) in [6, 6.07) is 52.2. The summed E-state index contributed by atoms with van der Waals surface area (Å²) in [5, 5.41) is 6.80. The Balaban J connectivity index is 1.32. The van der Waals surface area contributed by atoms with E-state index in [9.17, 15) is 0 Å². The second kappa shape index (κ2) is 10.2. The van der Waals surface area contributed by atoms with Gasteiger partial charge in [0.15, 0.2) is 17.5 Å². The number of fused-ring (bicyclic) bond motifs is 6. The zero-order valence-electron chi connectivity index (χ0n) is 24.2. The summed E-state index contributed by atoms with van der Waals surface area (Å²) in [6.07, 6.45) is 0. The third kappa shape index (κ3) is 4.27. The monoisotopic (exact) mass is 575 g/mol. The molecule has 45 heavy (non-hydrogen) atoms. The predicted octanol–water partition coefficient (Wildman–Crippen LogP) is 10.7. The average Bonchev–Trinajstić information content (AvgIpc) is 3.51. The molecule has 2 aromatic heterocycles. The van der Waals surface area contributed by atoms with Gasteiger partial charge in [0, 0.05) is 27.5 Å². The number of benzene rings is 7. The van der Waals surface area contributed by atoms with Gasteiger partial charge in [0.25, 0.3) is 0 Å². The molecule has 0 atom stereocenters. The first-order valence-electron chi connectivity index (χ1n) is 15.0. The Morgan fingerprint density at radius 1 is 0.356 bits per heavy atom. The first-order valence-corrected chi connectivity index (χ1v) is 15.0. The van der Waals surface area contributed by atoms with Gasteiger partial charge >= 0.3 is 0 Å². The Bertz CT molecular complexity index is 2540. The molecule has 9 aromatic rings. The molecule has 0 amide bonds. The molecule has 0 unspecified atom stereocenters. The standard InChI is InChI=1S/C41H25N3O/c1-3-11-26(12-4-1)32-17-9-19-35-37(32)38-33(18-10-20-36(38)45-35)41-43-39(29-14-5-2-6-15-29)42-40(44-41)30-24-23-28-22-21-27-13-7-8-16-31(27)34(28)25-30/h1-25H. The maximum absolute atomic E-state index is 6.42. The highest BCUT2D eigenvalue weighted by atomic mass is 16.3. The Labute approximate surface area is 259 Å². The van der Waals surface area contributed by atoms with Crippen molar-refractivity contribution in [2.75, 3.05) is 0 Å². The number of aromatic nitrogens is 3. The van der Waals surface area contributed by atoms with Crippen LogP contribution in [0.3, 0.4) is 0 Å². The van der Waals surface area contributed by atoms with Crippen LogP contribution in [0.1, 0.15) is 0 Å². The molecule has 9 rings (SSSR count). The van der Waals surface area contributed by atoms with Crippen LogP contribution in [-0.2, 0) is 0 Å². The van der Waals surface area contributed by atoms with E-state index >= 15 is 0 Å². The van der Waals surface area contributed by atoms with Crippen LogP contribution in [0.4, 0.5) is 0 Å². The molecule has 0 saturated heterocycles. The second-order valence-electron chi connectivity index (χ2n) is 11.2. The molecule has 7 aromatic carbocycles. The molecule has 0 aliphatic rings. The topological polar surface area (TPSA) is 51.8 Å². The summed E-state index contributed by atoms with van der Waals surface area (Å²) in [6.45, 7) is 0. The zero-order chi connectivity index (χ0) is 29.7. The molecule has 4 heteroatoms. The van der Waals surface area contributed by atoms with E-state index in [2.05, 4.69) is 91.0 Å². The largest absolute Gasteiger partial charge is 0.456 e. The zero-order valence-corrected chi connectivity index (χ0v) is 24.2. The van der Waals surface area contributed by atoms with Gasteiger partial charge in [-0.25, -0.2) is 15.0 Å². The van der Waals surface area contributed by atoms with Crippen LogP contribution in [-0.4, -0.2) is 15.0 Å². The first kappa shape index (κ1) is 25.4. The van der Waals surface area contributed by atoms with Crippen molar-refractivity contribution in [1.82, 2.24) is 15.0 Å². The summed E-state index contributed by atoms with van der Waals surface area (Å²) in [5.74, 6) is 1.86. The van der Waals surface area contributed by atoms with Gasteiger partial charge in [-0.05, 0) is 50.9 Å². The van der Waals surface area contributed by atoms with Gasteiger partial charge in [-0.15, -0.1) is 0 Å². The van der Waals surface area contributed by atoms with Gasteiger partial charge in [-0.2, -0.15) is 0 Å². The normalized spacial score (nSPS) is 11.6. The van der Waals surface area contributed by atoms with Crippen molar-refractivity contribution in [3.05, 3.63) is 152 Å². The van der Waals surface area contributed by atoms with Crippen LogP contribution < -0.4 is 0 Å². The lowest BCUT2D eigenvalue weighted by molar-refractivity contribution is 0.669. The minimum atomic E-state index is 0.605. The number of rotatable bonds is 4. The fourth-order valence-corrected chi connectivity index (χ4v) is 6.39. The molecule has 0 aliphatic heterocycles. The van der Waals surface area contributed by atoms with E-state index in [0.717, 1.165) is 49.8 Å². The summed E-state index contributed by atoms with van der Waals surface area (Å²) in [5.41, 5.74) is 6.64. The molecule has 0 aliphatic carbocycles. The first-order chi connectivity index (χ1) is 22.3. The maximum Gasteiger partial charge on any atom is 0.164 e. The van der Waals surface area contributed by atoms with Crippen molar-refractivity contribution in [3.63, 3.8) is 0 Å². The van der Waals surface area contributed by atoms with E-state index in [1.165, 1.54) is 21.5 Å². The molecule has 0 bridgehead atoms. The highest BCUT2D eigenvalue weighted by Crippen LogP contribution is 2.41.